The topological polar surface area (TPSA) is 28.6 Å². The highest BCUT2D eigenvalue weighted by molar-refractivity contribution is 5.70. The number of pyridine rings is 1. The molecule has 1 saturated carbocycles. The van der Waals surface area contributed by atoms with Crippen LogP contribution in [0.4, 0.5) is 4.39 Å². The second kappa shape index (κ2) is 10.0. The molecular formula is C28H32FN3O. The lowest BCUT2D eigenvalue weighted by atomic mass is 9.94. The number of nitrogens with zero attached hydrogens (tertiary/aromatic N) is 3. The Labute approximate surface area is 196 Å². The second-order valence-corrected chi connectivity index (χ2v) is 9.16. The Bertz CT molecular complexity index is 1040. The number of hydrogen-bond donors (Lipinski definition) is 0. The summed E-state index contributed by atoms with van der Waals surface area (Å²) < 4.78 is 19.1. The molecule has 4 nitrogen and oxygen atoms in total. The Morgan fingerprint density at radius 3 is 2.21 bits per heavy atom. The van der Waals surface area contributed by atoms with Gasteiger partial charge in [-0.05, 0) is 53.8 Å². The van der Waals surface area contributed by atoms with E-state index in [-0.39, 0.29) is 11.9 Å². The van der Waals surface area contributed by atoms with Crippen LogP contribution in [0.5, 0.6) is 5.75 Å². The van der Waals surface area contributed by atoms with E-state index in [0.717, 1.165) is 43.3 Å². The molecule has 1 aliphatic heterocycles. The summed E-state index contributed by atoms with van der Waals surface area (Å²) in [5, 5.41) is 0. The molecule has 3 aromatic rings. The molecule has 172 valence electrons. The summed E-state index contributed by atoms with van der Waals surface area (Å²) in [6.45, 7) is 4.41. The smallest absolute Gasteiger partial charge is 0.129 e. The molecule has 33 heavy (non-hydrogen) atoms. The predicted molar refractivity (Wildman–Crippen MR) is 130 cm³/mol. The van der Waals surface area contributed by atoms with Crippen LogP contribution in [-0.4, -0.2) is 54.1 Å². The summed E-state index contributed by atoms with van der Waals surface area (Å²) >= 11 is 0. The molecule has 1 atom stereocenters. The lowest BCUT2D eigenvalue weighted by molar-refractivity contribution is 0.0804. The van der Waals surface area contributed by atoms with Crippen molar-refractivity contribution in [3.63, 3.8) is 0 Å². The van der Waals surface area contributed by atoms with Crippen LogP contribution in [0.2, 0.25) is 0 Å². The minimum Gasteiger partial charge on any atom is -0.496 e. The van der Waals surface area contributed by atoms with Gasteiger partial charge in [0.1, 0.15) is 11.6 Å². The highest BCUT2D eigenvalue weighted by atomic mass is 19.1. The first kappa shape index (κ1) is 22.1. The van der Waals surface area contributed by atoms with Gasteiger partial charge in [0.25, 0.3) is 0 Å². The zero-order valence-corrected chi connectivity index (χ0v) is 19.3. The van der Waals surface area contributed by atoms with Crippen LogP contribution in [0, 0.1) is 5.82 Å². The summed E-state index contributed by atoms with van der Waals surface area (Å²) in [6, 6.07) is 18.6. The first-order chi connectivity index (χ1) is 16.2. The minimum atomic E-state index is -0.290. The normalized spacial score (nSPS) is 19.0. The van der Waals surface area contributed by atoms with Gasteiger partial charge in [0.05, 0.1) is 13.2 Å². The van der Waals surface area contributed by atoms with Gasteiger partial charge in [-0.3, -0.25) is 14.8 Å². The third-order valence-electron chi connectivity index (χ3n) is 7.28. The molecule has 5 heteroatoms. The maximum absolute atomic E-state index is 13.6. The predicted octanol–water partition coefficient (Wildman–Crippen LogP) is 5.55. The Balaban J connectivity index is 1.40. The van der Waals surface area contributed by atoms with Gasteiger partial charge in [-0.1, -0.05) is 37.1 Å². The number of rotatable bonds is 6. The van der Waals surface area contributed by atoms with Crippen LogP contribution in [0.15, 0.2) is 67.0 Å². The molecule has 0 radical (unpaired) electrons. The third-order valence-corrected chi connectivity index (χ3v) is 7.28. The van der Waals surface area contributed by atoms with Gasteiger partial charge in [-0.15, -0.1) is 0 Å². The van der Waals surface area contributed by atoms with E-state index in [9.17, 15) is 4.39 Å². The van der Waals surface area contributed by atoms with Gasteiger partial charge in [-0.2, -0.15) is 0 Å². The minimum absolute atomic E-state index is 0.197. The Morgan fingerprint density at radius 2 is 1.55 bits per heavy atom. The van der Waals surface area contributed by atoms with Gasteiger partial charge in [0, 0.05) is 56.2 Å². The van der Waals surface area contributed by atoms with E-state index in [1.165, 1.54) is 48.9 Å². The lowest BCUT2D eigenvalue weighted by Gasteiger charge is -2.42. The monoisotopic (exact) mass is 445 g/mol. The standard InChI is InChI=1S/C28H32FN3O/c1-33-27-20-24(29)10-11-26(27)21-6-8-22(9-7-21)28(23-12-14-30-15-13-23)32-18-16-31(17-19-32)25-4-2-3-5-25/h6-15,20,25,28H,2-5,16-19H2,1H3. The zero-order chi connectivity index (χ0) is 22.6. The summed E-state index contributed by atoms with van der Waals surface area (Å²) in [5.74, 6) is 0.262. The molecular weight excluding hydrogens is 413 g/mol. The largest absolute Gasteiger partial charge is 0.496 e. The zero-order valence-electron chi connectivity index (χ0n) is 19.3. The molecule has 0 spiro atoms. The van der Waals surface area contributed by atoms with E-state index in [2.05, 4.69) is 51.2 Å². The van der Waals surface area contributed by atoms with E-state index in [0.29, 0.717) is 5.75 Å². The fraction of sp³-hybridized carbons (Fsp3) is 0.393. The number of ether oxygens (including phenoxy) is 1. The summed E-state index contributed by atoms with van der Waals surface area (Å²) in [5.41, 5.74) is 4.46. The summed E-state index contributed by atoms with van der Waals surface area (Å²) in [6.07, 6.45) is 9.26. The molecule has 1 unspecified atom stereocenters. The van der Waals surface area contributed by atoms with Gasteiger partial charge >= 0.3 is 0 Å². The van der Waals surface area contributed by atoms with E-state index in [4.69, 9.17) is 4.74 Å². The molecule has 0 bridgehead atoms. The number of halogens is 1. The van der Waals surface area contributed by atoms with E-state index >= 15 is 0 Å². The second-order valence-electron chi connectivity index (χ2n) is 9.16. The van der Waals surface area contributed by atoms with E-state index < -0.39 is 0 Å². The van der Waals surface area contributed by atoms with E-state index in [1.807, 2.05) is 12.4 Å². The van der Waals surface area contributed by atoms with Crippen molar-refractivity contribution in [1.29, 1.82) is 0 Å². The molecule has 1 aliphatic carbocycles. The molecule has 2 fully saturated rings. The lowest BCUT2D eigenvalue weighted by Crippen LogP contribution is -2.50. The van der Waals surface area contributed by atoms with Crippen LogP contribution in [0.1, 0.15) is 42.9 Å². The van der Waals surface area contributed by atoms with Crippen molar-refractivity contribution in [3.8, 4) is 16.9 Å². The fourth-order valence-electron chi connectivity index (χ4n) is 5.54. The molecule has 5 rings (SSSR count). The van der Waals surface area contributed by atoms with Gasteiger partial charge in [-0.25, -0.2) is 4.39 Å². The van der Waals surface area contributed by atoms with Crippen molar-refractivity contribution < 1.29 is 9.13 Å². The van der Waals surface area contributed by atoms with E-state index in [1.54, 1.807) is 13.2 Å². The summed E-state index contributed by atoms with van der Waals surface area (Å²) in [7, 11) is 1.58. The van der Waals surface area contributed by atoms with Crippen molar-refractivity contribution in [2.45, 2.75) is 37.8 Å². The Kier molecular flexibility index (Phi) is 6.70. The molecule has 0 N–H and O–H groups in total. The van der Waals surface area contributed by atoms with Crippen LogP contribution in [-0.2, 0) is 0 Å². The van der Waals surface area contributed by atoms with Crippen molar-refractivity contribution in [2.24, 2.45) is 0 Å². The maximum atomic E-state index is 13.6. The summed E-state index contributed by atoms with van der Waals surface area (Å²) in [4.78, 5) is 9.55. The van der Waals surface area contributed by atoms with Gasteiger partial charge in [0.15, 0.2) is 0 Å². The molecule has 2 heterocycles. The first-order valence-corrected chi connectivity index (χ1v) is 12.0. The van der Waals surface area contributed by atoms with Crippen LogP contribution < -0.4 is 4.74 Å². The van der Waals surface area contributed by atoms with Crippen LogP contribution in [0.25, 0.3) is 11.1 Å². The van der Waals surface area contributed by atoms with Crippen molar-refractivity contribution >= 4 is 0 Å². The fourth-order valence-corrected chi connectivity index (χ4v) is 5.54. The van der Waals surface area contributed by atoms with Crippen LogP contribution in [0.3, 0.4) is 0 Å². The number of methoxy groups -OCH3 is 1. The number of benzene rings is 2. The molecule has 2 aromatic carbocycles. The molecule has 2 aliphatic rings. The average molecular weight is 446 g/mol. The number of hydrogen-bond acceptors (Lipinski definition) is 4. The Hall–Kier alpha value is -2.76. The number of aromatic nitrogens is 1. The average Bonchev–Trinajstić information content (AvgIpc) is 3.41. The molecule has 0 amide bonds. The highest BCUT2D eigenvalue weighted by Gasteiger charge is 2.30. The number of piperazine rings is 1. The third kappa shape index (κ3) is 4.80. The first-order valence-electron chi connectivity index (χ1n) is 12.0. The van der Waals surface area contributed by atoms with Gasteiger partial charge < -0.3 is 4.74 Å². The van der Waals surface area contributed by atoms with Crippen molar-refractivity contribution in [1.82, 2.24) is 14.8 Å². The molecule has 1 saturated heterocycles. The highest BCUT2D eigenvalue weighted by Crippen LogP contribution is 2.35. The molecule has 1 aromatic heterocycles. The van der Waals surface area contributed by atoms with Gasteiger partial charge in [0.2, 0.25) is 0 Å². The van der Waals surface area contributed by atoms with Crippen LogP contribution >= 0.6 is 0 Å². The quantitative estimate of drug-likeness (QED) is 0.498. The Morgan fingerprint density at radius 1 is 0.879 bits per heavy atom. The SMILES string of the molecule is COc1cc(F)ccc1-c1ccc(C(c2ccncc2)N2CCN(C3CCCC3)CC2)cc1. The van der Waals surface area contributed by atoms with Crippen molar-refractivity contribution in [2.75, 3.05) is 33.3 Å². The van der Waals surface area contributed by atoms with Crippen molar-refractivity contribution in [3.05, 3.63) is 83.9 Å². The maximum Gasteiger partial charge on any atom is 0.129 e.